The molecule has 2 aromatic rings. The van der Waals surface area contributed by atoms with E-state index in [1.807, 2.05) is 0 Å². The minimum absolute atomic E-state index is 0.123. The van der Waals surface area contributed by atoms with Crippen molar-refractivity contribution in [2.45, 2.75) is 0 Å². The van der Waals surface area contributed by atoms with Crippen molar-refractivity contribution < 1.29 is 4.39 Å². The lowest BCUT2D eigenvalue weighted by Gasteiger charge is -2.09. The third kappa shape index (κ3) is 2.65. The average molecular weight is 318 g/mol. The number of nitrogen functional groups attached to an aromatic ring is 1. The van der Waals surface area contributed by atoms with Crippen LogP contribution in [0.25, 0.3) is 0 Å². The molecular formula is C10H7BrClFN4. The molecule has 0 bridgehead atoms. The summed E-state index contributed by atoms with van der Waals surface area (Å²) in [5, 5.41) is 2.88. The molecule has 1 heterocycles. The van der Waals surface area contributed by atoms with Crippen molar-refractivity contribution in [1.29, 1.82) is 0 Å². The summed E-state index contributed by atoms with van der Waals surface area (Å²) in [4.78, 5) is 7.60. The fraction of sp³-hybridized carbons (Fsp3) is 0. The summed E-state index contributed by atoms with van der Waals surface area (Å²) in [7, 11) is 0. The number of hydrogen-bond acceptors (Lipinski definition) is 4. The fourth-order valence-electron chi connectivity index (χ4n) is 1.19. The lowest BCUT2D eigenvalue weighted by molar-refractivity contribution is 0.631. The normalized spacial score (nSPS) is 10.3. The van der Waals surface area contributed by atoms with Gasteiger partial charge in [0.25, 0.3) is 0 Å². The van der Waals surface area contributed by atoms with Crippen LogP contribution in [0.3, 0.4) is 0 Å². The van der Waals surface area contributed by atoms with Gasteiger partial charge in [-0.2, -0.15) is 0 Å². The molecule has 0 fully saturated rings. The van der Waals surface area contributed by atoms with Crippen LogP contribution in [-0.4, -0.2) is 9.97 Å². The largest absolute Gasteiger partial charge is 0.393 e. The SMILES string of the molecule is Nc1c(Cl)ncnc1Nc1cc(Br)ccc1F. The van der Waals surface area contributed by atoms with Crippen LogP contribution < -0.4 is 11.1 Å². The standard InChI is InChI=1S/C10H7BrClFN4/c11-5-1-2-6(13)7(3-5)17-10-8(14)9(12)15-4-16-10/h1-4H,14H2,(H,15,16,17). The van der Waals surface area contributed by atoms with Gasteiger partial charge in [-0.25, -0.2) is 14.4 Å². The number of aromatic nitrogens is 2. The molecular weight excluding hydrogens is 310 g/mol. The molecule has 0 unspecified atom stereocenters. The van der Waals surface area contributed by atoms with Crippen LogP contribution in [-0.2, 0) is 0 Å². The van der Waals surface area contributed by atoms with Gasteiger partial charge in [-0.1, -0.05) is 27.5 Å². The van der Waals surface area contributed by atoms with E-state index >= 15 is 0 Å². The lowest BCUT2D eigenvalue weighted by atomic mass is 10.3. The minimum atomic E-state index is -0.415. The van der Waals surface area contributed by atoms with Gasteiger partial charge in [0.2, 0.25) is 0 Å². The number of hydrogen-bond donors (Lipinski definition) is 2. The van der Waals surface area contributed by atoms with Crippen LogP contribution in [0.1, 0.15) is 0 Å². The maximum atomic E-state index is 13.5. The van der Waals surface area contributed by atoms with Gasteiger partial charge in [0, 0.05) is 4.47 Å². The Labute approximate surface area is 110 Å². The molecule has 0 spiro atoms. The van der Waals surface area contributed by atoms with E-state index in [1.54, 1.807) is 12.1 Å². The van der Waals surface area contributed by atoms with Gasteiger partial charge >= 0.3 is 0 Å². The van der Waals surface area contributed by atoms with Crippen LogP contribution in [0, 0.1) is 5.82 Å². The van der Waals surface area contributed by atoms with Gasteiger partial charge in [-0.05, 0) is 18.2 Å². The first kappa shape index (κ1) is 12.1. The second-order valence-electron chi connectivity index (χ2n) is 3.18. The molecule has 7 heteroatoms. The van der Waals surface area contributed by atoms with Gasteiger partial charge < -0.3 is 11.1 Å². The lowest BCUT2D eigenvalue weighted by Crippen LogP contribution is -2.02. The number of nitrogens with zero attached hydrogens (tertiary/aromatic N) is 2. The van der Waals surface area contributed by atoms with Crippen molar-refractivity contribution in [2.24, 2.45) is 0 Å². The zero-order valence-corrected chi connectivity index (χ0v) is 10.8. The summed E-state index contributed by atoms with van der Waals surface area (Å²) in [6.07, 6.45) is 1.25. The predicted octanol–water partition coefficient (Wildman–Crippen LogP) is 3.36. The molecule has 2 rings (SSSR count). The third-order valence-corrected chi connectivity index (χ3v) is 2.81. The molecule has 0 aliphatic heterocycles. The highest BCUT2D eigenvalue weighted by molar-refractivity contribution is 9.10. The molecule has 3 N–H and O–H groups in total. The molecule has 0 aliphatic rings. The highest BCUT2D eigenvalue weighted by Crippen LogP contribution is 2.28. The molecule has 0 saturated carbocycles. The van der Waals surface area contributed by atoms with E-state index < -0.39 is 5.82 Å². The van der Waals surface area contributed by atoms with E-state index in [1.165, 1.54) is 12.4 Å². The summed E-state index contributed by atoms with van der Waals surface area (Å²) in [6.45, 7) is 0. The van der Waals surface area contributed by atoms with Crippen LogP contribution >= 0.6 is 27.5 Å². The first-order valence-electron chi connectivity index (χ1n) is 4.56. The van der Waals surface area contributed by atoms with Crippen molar-refractivity contribution in [3.63, 3.8) is 0 Å². The smallest absolute Gasteiger partial charge is 0.158 e. The van der Waals surface area contributed by atoms with Gasteiger partial charge in [-0.3, -0.25) is 0 Å². The minimum Gasteiger partial charge on any atom is -0.393 e. The molecule has 0 radical (unpaired) electrons. The Balaban J connectivity index is 2.38. The summed E-state index contributed by atoms with van der Waals surface area (Å²) < 4.78 is 14.2. The number of benzene rings is 1. The number of anilines is 3. The summed E-state index contributed by atoms with van der Waals surface area (Å²) in [5.41, 5.74) is 6.09. The zero-order chi connectivity index (χ0) is 12.4. The molecule has 1 aromatic carbocycles. The summed E-state index contributed by atoms with van der Waals surface area (Å²) >= 11 is 8.98. The second kappa shape index (κ2) is 4.85. The molecule has 88 valence electrons. The maximum Gasteiger partial charge on any atom is 0.158 e. The molecule has 0 saturated heterocycles. The molecule has 0 amide bonds. The third-order valence-electron chi connectivity index (χ3n) is 2.02. The Morgan fingerprint density at radius 2 is 2.12 bits per heavy atom. The number of nitrogens with two attached hydrogens (primary N) is 1. The Morgan fingerprint density at radius 3 is 2.88 bits per heavy atom. The molecule has 0 atom stereocenters. The number of rotatable bonds is 2. The van der Waals surface area contributed by atoms with Crippen LogP contribution in [0.4, 0.5) is 21.6 Å². The highest BCUT2D eigenvalue weighted by Gasteiger charge is 2.09. The van der Waals surface area contributed by atoms with Crippen LogP contribution in [0.5, 0.6) is 0 Å². The van der Waals surface area contributed by atoms with E-state index in [4.69, 9.17) is 17.3 Å². The fourth-order valence-corrected chi connectivity index (χ4v) is 1.69. The van der Waals surface area contributed by atoms with E-state index in [0.29, 0.717) is 0 Å². The quantitative estimate of drug-likeness (QED) is 0.834. The summed E-state index contributed by atoms with van der Waals surface area (Å²) in [6, 6.07) is 4.49. The Morgan fingerprint density at radius 1 is 1.35 bits per heavy atom. The van der Waals surface area contributed by atoms with Crippen molar-refractivity contribution >= 4 is 44.7 Å². The predicted molar refractivity (Wildman–Crippen MR) is 68.8 cm³/mol. The van der Waals surface area contributed by atoms with Crippen molar-refractivity contribution in [3.8, 4) is 0 Å². The zero-order valence-electron chi connectivity index (χ0n) is 8.42. The Hall–Kier alpha value is -1.40. The van der Waals surface area contributed by atoms with Gasteiger partial charge in [0.15, 0.2) is 11.0 Å². The summed E-state index contributed by atoms with van der Waals surface area (Å²) in [5.74, 6) is -0.149. The van der Waals surface area contributed by atoms with Gasteiger partial charge in [-0.15, -0.1) is 0 Å². The maximum absolute atomic E-state index is 13.5. The monoisotopic (exact) mass is 316 g/mol. The Bertz CT molecular complexity index is 564. The second-order valence-corrected chi connectivity index (χ2v) is 4.45. The number of nitrogens with one attached hydrogen (secondary N) is 1. The van der Waals surface area contributed by atoms with Crippen LogP contribution in [0.2, 0.25) is 5.15 Å². The topological polar surface area (TPSA) is 63.8 Å². The van der Waals surface area contributed by atoms with E-state index in [-0.39, 0.29) is 22.3 Å². The molecule has 0 aliphatic carbocycles. The highest BCUT2D eigenvalue weighted by atomic mass is 79.9. The number of halogens is 3. The molecule has 4 nitrogen and oxygen atoms in total. The van der Waals surface area contributed by atoms with Gasteiger partial charge in [0.1, 0.15) is 17.8 Å². The van der Waals surface area contributed by atoms with E-state index in [0.717, 1.165) is 4.47 Å². The first-order valence-corrected chi connectivity index (χ1v) is 5.73. The first-order chi connectivity index (χ1) is 8.08. The van der Waals surface area contributed by atoms with E-state index in [2.05, 4.69) is 31.2 Å². The molecule has 17 heavy (non-hydrogen) atoms. The van der Waals surface area contributed by atoms with Crippen molar-refractivity contribution in [2.75, 3.05) is 11.1 Å². The average Bonchev–Trinajstić information content (AvgIpc) is 2.30. The van der Waals surface area contributed by atoms with Gasteiger partial charge in [0.05, 0.1) is 5.69 Å². The Kier molecular flexibility index (Phi) is 3.44. The van der Waals surface area contributed by atoms with Crippen LogP contribution in [0.15, 0.2) is 29.0 Å². The molecule has 1 aromatic heterocycles. The van der Waals surface area contributed by atoms with Crippen molar-refractivity contribution in [3.05, 3.63) is 40.0 Å². The van der Waals surface area contributed by atoms with Crippen molar-refractivity contribution in [1.82, 2.24) is 9.97 Å². The van der Waals surface area contributed by atoms with E-state index in [9.17, 15) is 4.39 Å².